The van der Waals surface area contributed by atoms with Gasteiger partial charge in [0.1, 0.15) is 6.61 Å². The number of nitrogens with zero attached hydrogens (tertiary/aromatic N) is 2. The van der Waals surface area contributed by atoms with Crippen molar-refractivity contribution in [3.05, 3.63) is 101 Å². The van der Waals surface area contributed by atoms with E-state index in [0.29, 0.717) is 24.2 Å². The monoisotopic (exact) mass is 453 g/mol. The maximum Gasteiger partial charge on any atom is 0.411 e. The number of halogens is 3. The summed E-state index contributed by atoms with van der Waals surface area (Å²) in [4.78, 5) is 16.8. The first-order valence-corrected chi connectivity index (χ1v) is 10.4. The van der Waals surface area contributed by atoms with E-state index in [9.17, 15) is 18.0 Å². The van der Waals surface area contributed by atoms with Gasteiger partial charge in [0.25, 0.3) is 5.91 Å². The van der Waals surface area contributed by atoms with E-state index in [1.165, 1.54) is 0 Å². The number of ether oxygens (including phenoxy) is 1. The first-order valence-electron chi connectivity index (χ1n) is 10.4. The Labute approximate surface area is 188 Å². The maximum atomic E-state index is 12.4. The predicted molar refractivity (Wildman–Crippen MR) is 119 cm³/mol. The highest BCUT2D eigenvalue weighted by atomic mass is 19.4. The summed E-state index contributed by atoms with van der Waals surface area (Å²) in [6.45, 7) is -0.398. The van der Waals surface area contributed by atoms with Crippen LogP contribution >= 0.6 is 0 Å². The van der Waals surface area contributed by atoms with Gasteiger partial charge in [0.15, 0.2) is 0 Å². The lowest BCUT2D eigenvalue weighted by molar-refractivity contribution is -0.176. The molecule has 0 aliphatic carbocycles. The van der Waals surface area contributed by atoms with Gasteiger partial charge >= 0.3 is 6.18 Å². The Hall–Kier alpha value is -3.65. The zero-order valence-electron chi connectivity index (χ0n) is 17.7. The molecule has 170 valence electrons. The number of imidazole rings is 1. The average molecular weight is 453 g/mol. The number of rotatable bonds is 8. The summed E-state index contributed by atoms with van der Waals surface area (Å²) in [7, 11) is 0. The summed E-state index contributed by atoms with van der Waals surface area (Å²) in [5.41, 5.74) is 5.11. The van der Waals surface area contributed by atoms with Crippen LogP contribution in [0.3, 0.4) is 0 Å². The Balaban J connectivity index is 1.28. The minimum atomic E-state index is -4.36. The van der Waals surface area contributed by atoms with Crippen molar-refractivity contribution in [1.82, 2.24) is 14.9 Å². The van der Waals surface area contributed by atoms with E-state index in [1.807, 2.05) is 54.9 Å². The molecule has 0 aliphatic rings. The molecule has 4 rings (SSSR count). The summed E-state index contributed by atoms with van der Waals surface area (Å²) < 4.78 is 43.1. The molecule has 0 bridgehead atoms. The Morgan fingerprint density at radius 2 is 1.58 bits per heavy atom. The minimum Gasteiger partial charge on any atom is -0.367 e. The quantitative estimate of drug-likeness (QED) is 0.404. The molecule has 1 aromatic heterocycles. The third-order valence-corrected chi connectivity index (χ3v) is 5.11. The number of aromatic nitrogens is 2. The van der Waals surface area contributed by atoms with Crippen LogP contribution in [0.4, 0.5) is 13.2 Å². The van der Waals surface area contributed by atoms with Gasteiger partial charge < -0.3 is 14.6 Å². The van der Waals surface area contributed by atoms with Crippen molar-refractivity contribution in [2.24, 2.45) is 0 Å². The molecule has 33 heavy (non-hydrogen) atoms. The number of hydrogen-bond donors (Lipinski definition) is 1. The van der Waals surface area contributed by atoms with Crippen molar-refractivity contribution in [3.63, 3.8) is 0 Å². The largest absolute Gasteiger partial charge is 0.411 e. The molecule has 0 fully saturated rings. The Morgan fingerprint density at radius 3 is 2.30 bits per heavy atom. The lowest BCUT2D eigenvalue weighted by atomic mass is 10.1. The molecule has 0 saturated heterocycles. The molecule has 0 spiro atoms. The van der Waals surface area contributed by atoms with Crippen LogP contribution < -0.4 is 5.32 Å². The van der Waals surface area contributed by atoms with Crippen molar-refractivity contribution in [3.8, 4) is 0 Å². The molecule has 3 aromatic carbocycles. The van der Waals surface area contributed by atoms with Gasteiger partial charge in [0, 0.05) is 18.7 Å². The Bertz CT molecular complexity index is 1220. The van der Waals surface area contributed by atoms with Gasteiger partial charge in [-0.3, -0.25) is 4.79 Å². The second-order valence-electron chi connectivity index (χ2n) is 7.67. The van der Waals surface area contributed by atoms with Crippen molar-refractivity contribution >= 4 is 16.9 Å². The predicted octanol–water partition coefficient (Wildman–Crippen LogP) is 5.09. The van der Waals surface area contributed by atoms with Crippen LogP contribution in [0, 0.1) is 0 Å². The number of benzene rings is 3. The minimum absolute atomic E-state index is 0.164. The molecule has 0 unspecified atom stereocenters. The zero-order valence-corrected chi connectivity index (χ0v) is 17.7. The van der Waals surface area contributed by atoms with Crippen molar-refractivity contribution in [2.75, 3.05) is 6.61 Å². The third kappa shape index (κ3) is 6.20. The zero-order chi connectivity index (χ0) is 23.3. The highest BCUT2D eigenvalue weighted by Crippen LogP contribution is 2.16. The van der Waals surface area contributed by atoms with Gasteiger partial charge in [-0.1, -0.05) is 48.5 Å². The number of fused-ring (bicyclic) bond motifs is 1. The molecule has 0 saturated carbocycles. The lowest BCUT2D eigenvalue weighted by Crippen LogP contribution is -2.22. The highest BCUT2D eigenvalue weighted by Gasteiger charge is 2.27. The first kappa shape index (κ1) is 22.5. The number of amides is 1. The lowest BCUT2D eigenvalue weighted by Gasteiger charge is -2.09. The molecule has 1 heterocycles. The van der Waals surface area contributed by atoms with Crippen LogP contribution in [-0.2, 0) is 24.4 Å². The summed E-state index contributed by atoms with van der Waals surface area (Å²) in [6.07, 6.45) is -2.53. The normalized spacial score (nSPS) is 11.6. The third-order valence-electron chi connectivity index (χ3n) is 5.11. The SMILES string of the molecule is O=C(NCc1ccc(Cn2cnc3ccccc32)cc1)c1ccc(COCC(F)(F)F)cc1. The van der Waals surface area contributed by atoms with E-state index in [4.69, 9.17) is 0 Å². The standard InChI is InChI=1S/C25H22F3N3O2/c26-25(27,28)16-33-15-20-9-11-21(12-10-20)24(32)29-13-18-5-7-19(8-6-18)14-31-17-30-22-3-1-2-4-23(22)31/h1-12,17H,13-16H2,(H,29,32). The van der Waals surface area contributed by atoms with Crippen LogP contribution in [0.25, 0.3) is 11.0 Å². The van der Waals surface area contributed by atoms with Crippen LogP contribution in [0.2, 0.25) is 0 Å². The fourth-order valence-corrected chi connectivity index (χ4v) is 3.42. The molecule has 4 aromatic rings. The van der Waals surface area contributed by atoms with Crippen LogP contribution in [0.1, 0.15) is 27.0 Å². The van der Waals surface area contributed by atoms with Crippen LogP contribution in [0.15, 0.2) is 79.1 Å². The summed E-state index contributed by atoms with van der Waals surface area (Å²) >= 11 is 0. The number of alkyl halides is 3. The molecule has 8 heteroatoms. The number of carbonyl (C=O) groups is 1. The second-order valence-corrected chi connectivity index (χ2v) is 7.67. The van der Waals surface area contributed by atoms with Gasteiger partial charge in [0.05, 0.1) is 24.0 Å². The van der Waals surface area contributed by atoms with E-state index in [-0.39, 0.29) is 12.5 Å². The fraction of sp³-hybridized carbons (Fsp3) is 0.200. The van der Waals surface area contributed by atoms with E-state index in [1.54, 1.807) is 24.3 Å². The molecular weight excluding hydrogens is 431 g/mol. The van der Waals surface area contributed by atoms with E-state index >= 15 is 0 Å². The number of carbonyl (C=O) groups excluding carboxylic acids is 1. The van der Waals surface area contributed by atoms with Gasteiger partial charge in [-0.05, 0) is 41.0 Å². The Morgan fingerprint density at radius 1 is 0.909 bits per heavy atom. The number of hydrogen-bond acceptors (Lipinski definition) is 3. The maximum absolute atomic E-state index is 12.4. The van der Waals surface area contributed by atoms with Gasteiger partial charge in [-0.2, -0.15) is 13.2 Å². The molecule has 0 atom stereocenters. The van der Waals surface area contributed by atoms with E-state index < -0.39 is 12.8 Å². The molecule has 1 N–H and O–H groups in total. The van der Waals surface area contributed by atoms with Gasteiger partial charge in [-0.15, -0.1) is 0 Å². The topological polar surface area (TPSA) is 56.2 Å². The van der Waals surface area contributed by atoms with E-state index in [2.05, 4.69) is 19.6 Å². The first-order chi connectivity index (χ1) is 15.9. The molecule has 0 aliphatic heterocycles. The second kappa shape index (κ2) is 9.87. The van der Waals surface area contributed by atoms with Crippen LogP contribution in [-0.4, -0.2) is 28.2 Å². The van der Waals surface area contributed by atoms with Crippen LogP contribution in [0.5, 0.6) is 0 Å². The fourth-order valence-electron chi connectivity index (χ4n) is 3.42. The Kier molecular flexibility index (Phi) is 6.74. The highest BCUT2D eigenvalue weighted by molar-refractivity contribution is 5.94. The molecular formula is C25H22F3N3O2. The van der Waals surface area contributed by atoms with Crippen molar-refractivity contribution in [1.29, 1.82) is 0 Å². The smallest absolute Gasteiger partial charge is 0.367 e. The molecule has 1 amide bonds. The van der Waals surface area contributed by atoms with Crippen molar-refractivity contribution < 1.29 is 22.7 Å². The summed E-state index contributed by atoms with van der Waals surface area (Å²) in [5, 5.41) is 2.85. The van der Waals surface area contributed by atoms with Gasteiger partial charge in [-0.25, -0.2) is 4.98 Å². The van der Waals surface area contributed by atoms with Crippen molar-refractivity contribution in [2.45, 2.75) is 25.9 Å². The van der Waals surface area contributed by atoms with E-state index in [0.717, 1.165) is 22.2 Å². The average Bonchev–Trinajstić information content (AvgIpc) is 3.21. The molecule has 5 nitrogen and oxygen atoms in total. The van der Waals surface area contributed by atoms with Gasteiger partial charge in [0.2, 0.25) is 0 Å². The summed E-state index contributed by atoms with van der Waals surface area (Å²) in [6, 6.07) is 22.2. The number of para-hydroxylation sites is 2. The summed E-state index contributed by atoms with van der Waals surface area (Å²) in [5.74, 6) is -0.258. The molecule has 0 radical (unpaired) electrons. The number of nitrogens with one attached hydrogen (secondary N) is 1.